The van der Waals surface area contributed by atoms with Crippen molar-refractivity contribution in [2.75, 3.05) is 6.61 Å². The van der Waals surface area contributed by atoms with E-state index in [4.69, 9.17) is 10.5 Å². The Morgan fingerprint density at radius 3 is 2.63 bits per heavy atom. The minimum Gasteiger partial charge on any atom is -0.462 e. The molecule has 4 heteroatoms. The molecule has 0 unspecified atom stereocenters. The number of hydrogen-bond donors (Lipinski definition) is 1. The van der Waals surface area contributed by atoms with Gasteiger partial charge in [-0.2, -0.15) is 0 Å². The molecule has 0 spiro atoms. The Kier molecular flexibility index (Phi) is 4.00. The molecule has 1 fully saturated rings. The second-order valence-electron chi connectivity index (χ2n) is 4.71. The van der Waals surface area contributed by atoms with Crippen molar-refractivity contribution in [1.82, 2.24) is 0 Å². The molecule has 1 aromatic carbocycles. The van der Waals surface area contributed by atoms with Gasteiger partial charge in [0.1, 0.15) is 0 Å². The molecule has 2 rings (SSSR count). The van der Waals surface area contributed by atoms with Crippen molar-refractivity contribution in [3.8, 4) is 0 Å². The highest BCUT2D eigenvalue weighted by Crippen LogP contribution is 2.35. The fraction of sp³-hybridized carbons (Fsp3) is 0.333. The molecular weight excluding hydrogens is 242 g/mol. The van der Waals surface area contributed by atoms with E-state index in [1.54, 1.807) is 12.1 Å². The van der Waals surface area contributed by atoms with Crippen molar-refractivity contribution in [2.45, 2.75) is 19.3 Å². The van der Waals surface area contributed by atoms with Gasteiger partial charge in [0.15, 0.2) is 0 Å². The summed E-state index contributed by atoms with van der Waals surface area (Å²) in [5.41, 5.74) is 7.10. The molecule has 1 amide bonds. The van der Waals surface area contributed by atoms with E-state index in [1.807, 2.05) is 12.1 Å². The average Bonchev–Trinajstić information content (AvgIpc) is 3.22. The molecule has 1 aliphatic carbocycles. The summed E-state index contributed by atoms with van der Waals surface area (Å²) < 4.78 is 5.15. The summed E-state index contributed by atoms with van der Waals surface area (Å²) in [6.45, 7) is 3.97. The Balaban J connectivity index is 1.87. The van der Waals surface area contributed by atoms with E-state index in [1.165, 1.54) is 0 Å². The zero-order chi connectivity index (χ0) is 13.8. The molecular formula is C15H17NO3. The van der Waals surface area contributed by atoms with E-state index in [0.29, 0.717) is 23.5 Å². The van der Waals surface area contributed by atoms with Gasteiger partial charge < -0.3 is 10.5 Å². The third kappa shape index (κ3) is 3.44. The van der Waals surface area contributed by atoms with Crippen LogP contribution in [0.5, 0.6) is 0 Å². The Labute approximate surface area is 112 Å². The lowest BCUT2D eigenvalue weighted by atomic mass is 10.0. The molecule has 1 saturated carbocycles. The maximum Gasteiger partial charge on any atom is 0.333 e. The Morgan fingerprint density at radius 2 is 2.00 bits per heavy atom. The number of esters is 1. The molecule has 0 aromatic heterocycles. The van der Waals surface area contributed by atoms with E-state index in [2.05, 4.69) is 6.58 Å². The van der Waals surface area contributed by atoms with Crippen molar-refractivity contribution in [3.05, 3.63) is 47.5 Å². The number of carbonyl (C=O) groups is 2. The highest BCUT2D eigenvalue weighted by Gasteiger charge is 2.29. The first-order valence-corrected chi connectivity index (χ1v) is 6.33. The monoisotopic (exact) mass is 259 g/mol. The summed E-state index contributed by atoms with van der Waals surface area (Å²) in [6.07, 6.45) is 2.53. The number of nitrogens with two attached hydrogens (primary N) is 1. The van der Waals surface area contributed by atoms with Gasteiger partial charge in [-0.15, -0.1) is 0 Å². The van der Waals surface area contributed by atoms with Crippen LogP contribution >= 0.6 is 0 Å². The first-order chi connectivity index (χ1) is 9.09. The third-order valence-electron chi connectivity index (χ3n) is 3.22. The first kappa shape index (κ1) is 13.3. The summed E-state index contributed by atoms with van der Waals surface area (Å²) in [5.74, 6) is -0.492. The van der Waals surface area contributed by atoms with Crippen LogP contribution in [0, 0.1) is 5.92 Å². The predicted octanol–water partition coefficient (Wildman–Crippen LogP) is 1.84. The van der Waals surface area contributed by atoms with Gasteiger partial charge in [-0.1, -0.05) is 24.8 Å². The topological polar surface area (TPSA) is 69.4 Å². The third-order valence-corrected chi connectivity index (χ3v) is 3.22. The van der Waals surface area contributed by atoms with Gasteiger partial charge in [-0.3, -0.25) is 4.79 Å². The Morgan fingerprint density at radius 1 is 1.32 bits per heavy atom. The molecule has 0 radical (unpaired) electrons. The highest BCUT2D eigenvalue weighted by atomic mass is 16.5. The van der Waals surface area contributed by atoms with Gasteiger partial charge in [0.05, 0.1) is 6.61 Å². The number of hydrogen-bond acceptors (Lipinski definition) is 3. The minimum atomic E-state index is -0.468. The van der Waals surface area contributed by atoms with Crippen molar-refractivity contribution in [2.24, 2.45) is 11.7 Å². The lowest BCUT2D eigenvalue weighted by Gasteiger charge is -2.08. The Bertz CT molecular complexity index is 518. The number of carbonyl (C=O) groups excluding carboxylic acids is 2. The summed E-state index contributed by atoms with van der Waals surface area (Å²) in [4.78, 5) is 22.8. The fourth-order valence-corrected chi connectivity index (χ4v) is 1.92. The number of ether oxygens (including phenoxy) is 1. The number of amides is 1. The zero-order valence-electron chi connectivity index (χ0n) is 10.7. The van der Waals surface area contributed by atoms with Crippen LogP contribution in [0.25, 0.3) is 0 Å². The molecule has 0 heterocycles. The van der Waals surface area contributed by atoms with E-state index in [9.17, 15) is 9.59 Å². The SMILES string of the molecule is C=C(C(=O)OCCc1ccccc1C(N)=O)C1CC1. The second kappa shape index (κ2) is 5.69. The van der Waals surface area contributed by atoms with E-state index in [-0.39, 0.29) is 12.6 Å². The molecule has 2 N–H and O–H groups in total. The maximum absolute atomic E-state index is 11.6. The molecule has 0 saturated heterocycles. The molecule has 19 heavy (non-hydrogen) atoms. The summed E-state index contributed by atoms with van der Waals surface area (Å²) in [6, 6.07) is 7.06. The van der Waals surface area contributed by atoms with Crippen LogP contribution in [0.1, 0.15) is 28.8 Å². The van der Waals surface area contributed by atoms with Crippen LogP contribution < -0.4 is 5.73 Å². The largest absolute Gasteiger partial charge is 0.462 e. The van der Waals surface area contributed by atoms with Crippen LogP contribution in [0.2, 0.25) is 0 Å². The number of primary amides is 1. The van der Waals surface area contributed by atoms with Gasteiger partial charge in [0, 0.05) is 17.6 Å². The fourth-order valence-electron chi connectivity index (χ4n) is 1.92. The van der Waals surface area contributed by atoms with Crippen LogP contribution in [0.3, 0.4) is 0 Å². The van der Waals surface area contributed by atoms with Gasteiger partial charge in [-0.25, -0.2) is 4.79 Å². The predicted molar refractivity (Wildman–Crippen MR) is 71.5 cm³/mol. The normalized spacial score (nSPS) is 13.9. The smallest absolute Gasteiger partial charge is 0.333 e. The van der Waals surface area contributed by atoms with Crippen LogP contribution in [-0.2, 0) is 16.0 Å². The Hall–Kier alpha value is -2.10. The van der Waals surface area contributed by atoms with Crippen molar-refractivity contribution < 1.29 is 14.3 Å². The highest BCUT2D eigenvalue weighted by molar-refractivity contribution is 5.94. The van der Waals surface area contributed by atoms with Crippen LogP contribution in [0.15, 0.2) is 36.4 Å². The minimum absolute atomic E-state index is 0.231. The van der Waals surface area contributed by atoms with E-state index < -0.39 is 5.91 Å². The van der Waals surface area contributed by atoms with E-state index in [0.717, 1.165) is 18.4 Å². The molecule has 0 bridgehead atoms. The zero-order valence-corrected chi connectivity index (χ0v) is 10.7. The molecule has 4 nitrogen and oxygen atoms in total. The quantitative estimate of drug-likeness (QED) is 0.626. The standard InChI is InChI=1S/C15H17NO3/c1-10(11-6-7-11)15(18)19-9-8-12-4-2-3-5-13(12)14(16)17/h2-5,11H,1,6-9H2,(H2,16,17). The van der Waals surface area contributed by atoms with Crippen molar-refractivity contribution in [3.63, 3.8) is 0 Å². The van der Waals surface area contributed by atoms with Gasteiger partial charge in [0.25, 0.3) is 0 Å². The van der Waals surface area contributed by atoms with Gasteiger partial charge in [0.2, 0.25) is 5.91 Å². The molecule has 0 atom stereocenters. The molecule has 0 aliphatic heterocycles. The number of rotatable bonds is 6. The summed E-state index contributed by atoms with van der Waals surface area (Å²) in [7, 11) is 0. The number of benzene rings is 1. The molecule has 1 aliphatic rings. The van der Waals surface area contributed by atoms with Crippen LogP contribution in [-0.4, -0.2) is 18.5 Å². The summed E-state index contributed by atoms with van der Waals surface area (Å²) in [5, 5.41) is 0. The average molecular weight is 259 g/mol. The lowest BCUT2D eigenvalue weighted by molar-refractivity contribution is -0.139. The van der Waals surface area contributed by atoms with Crippen LogP contribution in [0.4, 0.5) is 0 Å². The lowest BCUT2D eigenvalue weighted by Crippen LogP contribution is -2.16. The molecule has 1 aromatic rings. The van der Waals surface area contributed by atoms with Gasteiger partial charge in [-0.05, 0) is 30.4 Å². The van der Waals surface area contributed by atoms with Crippen molar-refractivity contribution >= 4 is 11.9 Å². The second-order valence-corrected chi connectivity index (χ2v) is 4.71. The molecule has 100 valence electrons. The van der Waals surface area contributed by atoms with Crippen molar-refractivity contribution in [1.29, 1.82) is 0 Å². The summed E-state index contributed by atoms with van der Waals surface area (Å²) >= 11 is 0. The maximum atomic E-state index is 11.6. The first-order valence-electron chi connectivity index (χ1n) is 6.33. The van der Waals surface area contributed by atoms with E-state index >= 15 is 0 Å². The van der Waals surface area contributed by atoms with Gasteiger partial charge >= 0.3 is 5.97 Å².